The SMILES string of the molecule is Cc1[nH]c2ccccc2c1CCNC(=O)/C(=C/c1ccc(Cl)cc1)NC(=O)c1ccco1. The van der Waals surface area contributed by atoms with Gasteiger partial charge in [0.25, 0.3) is 11.8 Å². The number of H-pyrrole nitrogens is 1. The zero-order valence-corrected chi connectivity index (χ0v) is 18.2. The van der Waals surface area contributed by atoms with Gasteiger partial charge in [-0.05, 0) is 60.9 Å². The molecule has 0 radical (unpaired) electrons. The van der Waals surface area contributed by atoms with E-state index < -0.39 is 11.8 Å². The summed E-state index contributed by atoms with van der Waals surface area (Å²) in [4.78, 5) is 28.8. The monoisotopic (exact) mass is 447 g/mol. The molecule has 0 saturated heterocycles. The minimum atomic E-state index is -0.502. The highest BCUT2D eigenvalue weighted by Gasteiger charge is 2.17. The van der Waals surface area contributed by atoms with Crippen LogP contribution in [-0.2, 0) is 11.2 Å². The molecule has 0 fully saturated rings. The maximum Gasteiger partial charge on any atom is 0.291 e. The first-order valence-corrected chi connectivity index (χ1v) is 10.6. The molecule has 0 atom stereocenters. The first kappa shape index (κ1) is 21.5. The maximum absolute atomic E-state index is 12.9. The third-order valence-corrected chi connectivity index (χ3v) is 5.36. The third-order valence-electron chi connectivity index (χ3n) is 5.11. The van der Waals surface area contributed by atoms with Crippen LogP contribution in [0.4, 0.5) is 0 Å². The number of amides is 2. The van der Waals surface area contributed by atoms with Crippen LogP contribution < -0.4 is 10.6 Å². The molecule has 162 valence electrons. The number of aromatic nitrogens is 1. The molecule has 0 aliphatic heterocycles. The fourth-order valence-electron chi connectivity index (χ4n) is 3.53. The van der Waals surface area contributed by atoms with Crippen LogP contribution in [0.2, 0.25) is 5.02 Å². The van der Waals surface area contributed by atoms with E-state index in [1.165, 1.54) is 12.3 Å². The van der Waals surface area contributed by atoms with Gasteiger partial charge >= 0.3 is 0 Å². The van der Waals surface area contributed by atoms with Crippen molar-refractivity contribution in [2.75, 3.05) is 6.54 Å². The topological polar surface area (TPSA) is 87.1 Å². The van der Waals surface area contributed by atoms with Crippen molar-refractivity contribution in [2.24, 2.45) is 0 Å². The van der Waals surface area contributed by atoms with Crippen molar-refractivity contribution in [2.45, 2.75) is 13.3 Å². The molecule has 2 aromatic carbocycles. The number of hydrogen-bond acceptors (Lipinski definition) is 3. The molecule has 0 saturated carbocycles. The van der Waals surface area contributed by atoms with Crippen LogP contribution in [0, 0.1) is 6.92 Å². The standard InChI is InChI=1S/C25H22ClN3O3/c1-16-19(20-5-2-3-6-21(20)28-16)12-13-27-24(30)22(15-17-8-10-18(26)11-9-17)29-25(31)23-7-4-14-32-23/h2-11,14-15,28H,12-13H2,1H3,(H,27,30)(H,29,31)/b22-15-. The number of para-hydroxylation sites is 1. The van der Waals surface area contributed by atoms with Gasteiger partial charge in [-0.2, -0.15) is 0 Å². The molecule has 0 spiro atoms. The van der Waals surface area contributed by atoms with Gasteiger partial charge in [-0.1, -0.05) is 41.9 Å². The van der Waals surface area contributed by atoms with E-state index in [1.54, 1.807) is 36.4 Å². The molecule has 0 unspecified atom stereocenters. The van der Waals surface area contributed by atoms with Crippen LogP contribution in [0.5, 0.6) is 0 Å². The molecule has 2 aromatic heterocycles. The van der Waals surface area contributed by atoms with Crippen LogP contribution in [0.3, 0.4) is 0 Å². The highest BCUT2D eigenvalue weighted by Crippen LogP contribution is 2.22. The Morgan fingerprint density at radius 2 is 1.84 bits per heavy atom. The lowest BCUT2D eigenvalue weighted by atomic mass is 10.1. The van der Waals surface area contributed by atoms with E-state index in [0.29, 0.717) is 18.0 Å². The maximum atomic E-state index is 12.9. The first-order valence-electron chi connectivity index (χ1n) is 10.2. The lowest BCUT2D eigenvalue weighted by molar-refractivity contribution is -0.117. The molecule has 6 nitrogen and oxygen atoms in total. The summed E-state index contributed by atoms with van der Waals surface area (Å²) in [6.07, 6.45) is 3.66. The number of hydrogen-bond donors (Lipinski definition) is 3. The Morgan fingerprint density at radius 1 is 1.06 bits per heavy atom. The van der Waals surface area contributed by atoms with E-state index in [2.05, 4.69) is 21.7 Å². The van der Waals surface area contributed by atoms with E-state index in [-0.39, 0.29) is 11.5 Å². The van der Waals surface area contributed by atoms with Crippen molar-refractivity contribution in [3.63, 3.8) is 0 Å². The molecule has 7 heteroatoms. The lowest BCUT2D eigenvalue weighted by Crippen LogP contribution is -2.35. The lowest BCUT2D eigenvalue weighted by Gasteiger charge is -2.11. The summed E-state index contributed by atoms with van der Waals surface area (Å²) in [7, 11) is 0. The predicted octanol–water partition coefficient (Wildman–Crippen LogP) is 4.85. The first-order chi connectivity index (χ1) is 15.5. The number of rotatable bonds is 7. The normalized spacial score (nSPS) is 11.5. The molecule has 2 amide bonds. The Bertz CT molecular complexity index is 1270. The Morgan fingerprint density at radius 3 is 2.59 bits per heavy atom. The summed E-state index contributed by atoms with van der Waals surface area (Å²) in [6.45, 7) is 2.43. The molecular formula is C25H22ClN3O3. The van der Waals surface area contributed by atoms with Crippen molar-refractivity contribution < 1.29 is 14.0 Å². The van der Waals surface area contributed by atoms with Crippen LogP contribution in [0.15, 0.2) is 77.0 Å². The van der Waals surface area contributed by atoms with Gasteiger partial charge in [0, 0.05) is 28.2 Å². The van der Waals surface area contributed by atoms with Gasteiger partial charge in [0.05, 0.1) is 6.26 Å². The summed E-state index contributed by atoms with van der Waals surface area (Å²) in [5.41, 5.74) is 4.14. The van der Waals surface area contributed by atoms with Gasteiger partial charge < -0.3 is 20.0 Å². The number of benzene rings is 2. The van der Waals surface area contributed by atoms with Gasteiger partial charge in [0.1, 0.15) is 5.70 Å². The Hall–Kier alpha value is -3.77. The summed E-state index contributed by atoms with van der Waals surface area (Å²) in [5.74, 6) is -0.774. The second kappa shape index (κ2) is 9.58. The van der Waals surface area contributed by atoms with E-state index >= 15 is 0 Å². The van der Waals surface area contributed by atoms with Crippen molar-refractivity contribution in [1.29, 1.82) is 0 Å². The third kappa shape index (κ3) is 4.92. The molecule has 4 rings (SSSR count). The highest BCUT2D eigenvalue weighted by atomic mass is 35.5. The number of furan rings is 1. The molecule has 32 heavy (non-hydrogen) atoms. The van der Waals surface area contributed by atoms with Crippen molar-refractivity contribution in [3.05, 3.63) is 100 Å². The summed E-state index contributed by atoms with van der Waals surface area (Å²) in [6, 6.07) is 18.2. The van der Waals surface area contributed by atoms with Gasteiger partial charge in [-0.15, -0.1) is 0 Å². The van der Waals surface area contributed by atoms with E-state index in [9.17, 15) is 9.59 Å². The van der Waals surface area contributed by atoms with E-state index in [0.717, 1.165) is 27.7 Å². The fraction of sp³-hybridized carbons (Fsp3) is 0.120. The number of carbonyl (C=O) groups is 2. The minimum absolute atomic E-state index is 0.115. The number of nitrogens with one attached hydrogen (secondary N) is 3. The second-order valence-electron chi connectivity index (χ2n) is 7.32. The molecule has 0 bridgehead atoms. The molecule has 3 N–H and O–H groups in total. The predicted molar refractivity (Wildman–Crippen MR) is 125 cm³/mol. The summed E-state index contributed by atoms with van der Waals surface area (Å²) in [5, 5.41) is 7.27. The van der Waals surface area contributed by atoms with Crippen LogP contribution in [0.1, 0.15) is 27.4 Å². The van der Waals surface area contributed by atoms with Crippen LogP contribution in [0.25, 0.3) is 17.0 Å². The average molecular weight is 448 g/mol. The zero-order valence-electron chi connectivity index (χ0n) is 17.4. The fourth-order valence-corrected chi connectivity index (χ4v) is 3.65. The van der Waals surface area contributed by atoms with Crippen molar-refractivity contribution >= 4 is 40.4 Å². The van der Waals surface area contributed by atoms with Crippen LogP contribution in [-0.4, -0.2) is 23.3 Å². The Kier molecular flexibility index (Phi) is 6.42. The van der Waals surface area contributed by atoms with Crippen molar-refractivity contribution in [1.82, 2.24) is 15.6 Å². The van der Waals surface area contributed by atoms with Gasteiger partial charge in [0.2, 0.25) is 0 Å². The summed E-state index contributed by atoms with van der Waals surface area (Å²) >= 11 is 5.95. The average Bonchev–Trinajstić information content (AvgIpc) is 3.43. The summed E-state index contributed by atoms with van der Waals surface area (Å²) < 4.78 is 5.13. The van der Waals surface area contributed by atoms with Gasteiger partial charge in [-0.3, -0.25) is 9.59 Å². The molecule has 2 heterocycles. The largest absolute Gasteiger partial charge is 0.459 e. The molecule has 0 aliphatic rings. The van der Waals surface area contributed by atoms with Crippen molar-refractivity contribution in [3.8, 4) is 0 Å². The molecule has 0 aliphatic carbocycles. The molecule has 4 aromatic rings. The van der Waals surface area contributed by atoms with Crippen LogP contribution >= 0.6 is 11.6 Å². The number of halogens is 1. The second-order valence-corrected chi connectivity index (χ2v) is 7.76. The smallest absolute Gasteiger partial charge is 0.291 e. The van der Waals surface area contributed by atoms with Gasteiger partial charge in [0.15, 0.2) is 5.76 Å². The quantitative estimate of drug-likeness (QED) is 0.354. The number of aromatic amines is 1. The number of aryl methyl sites for hydroxylation is 1. The van der Waals surface area contributed by atoms with E-state index in [1.807, 2.05) is 25.1 Å². The number of carbonyl (C=O) groups excluding carboxylic acids is 2. The van der Waals surface area contributed by atoms with Gasteiger partial charge in [-0.25, -0.2) is 0 Å². The number of fused-ring (bicyclic) bond motifs is 1. The Labute approximate surface area is 190 Å². The minimum Gasteiger partial charge on any atom is -0.459 e. The van der Waals surface area contributed by atoms with E-state index in [4.69, 9.17) is 16.0 Å². The zero-order chi connectivity index (χ0) is 22.5. The highest BCUT2D eigenvalue weighted by molar-refractivity contribution is 6.30. The Balaban J connectivity index is 1.49. The molecular weight excluding hydrogens is 426 g/mol.